The second-order valence-corrected chi connectivity index (χ2v) is 4.22. The monoisotopic (exact) mass is 212 g/mol. The molecule has 0 N–H and O–H groups in total. The first kappa shape index (κ1) is 11.1. The lowest BCUT2D eigenvalue weighted by atomic mass is 10.1. The number of nitrogens with zero attached hydrogens (tertiary/aromatic N) is 1. The van der Waals surface area contributed by atoms with Gasteiger partial charge in [0.25, 0.3) is 0 Å². The third-order valence-corrected chi connectivity index (χ3v) is 2.85. The van der Waals surface area contributed by atoms with E-state index < -0.39 is 0 Å². The Morgan fingerprint density at radius 2 is 2.00 bits per heavy atom. The first-order valence-corrected chi connectivity index (χ1v) is 6.16. The molecule has 2 aromatic rings. The average Bonchev–Trinajstić information content (AvgIpc) is 2.34. The molecule has 0 aliphatic rings. The minimum Gasteiger partial charge on any atom is -0.253 e. The molecule has 83 valence electrons. The van der Waals surface area contributed by atoms with Crippen molar-refractivity contribution < 1.29 is 0 Å². The average molecular weight is 212 g/mol. The smallest absolute Gasteiger partial charge is 0.0711 e. The molecule has 0 bridgehead atoms. The summed E-state index contributed by atoms with van der Waals surface area (Å²) in [5, 5.41) is 1.11. The predicted octanol–water partition coefficient (Wildman–Crippen LogP) is 4.16. The maximum atomic E-state index is 4.64. The Balaban J connectivity index is 2.02. The molecular weight excluding hydrogens is 194 g/mol. The van der Waals surface area contributed by atoms with E-state index in [9.17, 15) is 0 Å². The minimum absolute atomic E-state index is 1.07. The molecule has 1 radical (unpaired) electrons. The first-order valence-electron chi connectivity index (χ1n) is 6.16. The van der Waals surface area contributed by atoms with Gasteiger partial charge in [0.1, 0.15) is 0 Å². The Kier molecular flexibility index (Phi) is 3.92. The third-order valence-electron chi connectivity index (χ3n) is 2.85. The fourth-order valence-electron chi connectivity index (χ4n) is 1.90. The summed E-state index contributed by atoms with van der Waals surface area (Å²) in [6, 6.07) is 13.5. The minimum atomic E-state index is 1.07. The van der Waals surface area contributed by atoms with Crippen LogP contribution in [-0.4, -0.2) is 4.98 Å². The molecule has 0 atom stereocenters. The van der Waals surface area contributed by atoms with Crippen molar-refractivity contribution in [1.82, 2.24) is 4.98 Å². The van der Waals surface area contributed by atoms with E-state index in [0.717, 1.165) is 17.3 Å². The van der Waals surface area contributed by atoms with Crippen molar-refractivity contribution >= 4 is 10.9 Å². The van der Waals surface area contributed by atoms with Gasteiger partial charge in [0.2, 0.25) is 0 Å². The van der Waals surface area contributed by atoms with Crippen LogP contribution < -0.4 is 0 Å². The highest BCUT2D eigenvalue weighted by Gasteiger charge is 1.98. The van der Waals surface area contributed by atoms with Crippen LogP contribution in [-0.2, 0) is 6.42 Å². The number of pyridine rings is 1. The molecule has 16 heavy (non-hydrogen) atoms. The molecule has 1 heterocycles. The molecule has 1 aromatic heterocycles. The lowest BCUT2D eigenvalue weighted by Crippen LogP contribution is -1.91. The third kappa shape index (κ3) is 2.82. The molecule has 0 unspecified atom stereocenters. The Morgan fingerprint density at radius 3 is 2.88 bits per heavy atom. The van der Waals surface area contributed by atoms with Gasteiger partial charge in [0, 0.05) is 11.1 Å². The molecule has 0 aliphatic heterocycles. The number of benzene rings is 1. The summed E-state index contributed by atoms with van der Waals surface area (Å²) in [5.41, 5.74) is 2.24. The molecule has 2 rings (SSSR count). The number of fused-ring (bicyclic) bond motifs is 1. The van der Waals surface area contributed by atoms with Crippen molar-refractivity contribution in [3.8, 4) is 0 Å². The van der Waals surface area contributed by atoms with Crippen LogP contribution in [0.15, 0.2) is 30.3 Å². The number of aromatic nitrogens is 1. The molecule has 0 amide bonds. The van der Waals surface area contributed by atoms with Gasteiger partial charge in [-0.1, -0.05) is 44.4 Å². The molecule has 0 saturated carbocycles. The van der Waals surface area contributed by atoms with Gasteiger partial charge < -0.3 is 0 Å². The Morgan fingerprint density at radius 1 is 1.12 bits per heavy atom. The normalized spacial score (nSPS) is 10.8. The van der Waals surface area contributed by atoms with E-state index in [1.54, 1.807) is 0 Å². The van der Waals surface area contributed by atoms with Gasteiger partial charge in [-0.25, -0.2) is 0 Å². The Bertz CT molecular complexity index is 448. The van der Waals surface area contributed by atoms with Crippen molar-refractivity contribution in [2.24, 2.45) is 0 Å². The zero-order valence-electron chi connectivity index (χ0n) is 9.87. The molecule has 1 nitrogen and oxygen atoms in total. The van der Waals surface area contributed by atoms with Crippen LogP contribution >= 0.6 is 0 Å². The summed E-state index contributed by atoms with van der Waals surface area (Å²) in [6.45, 7) is 2.24. The lowest BCUT2D eigenvalue weighted by molar-refractivity contribution is 0.661. The van der Waals surface area contributed by atoms with Crippen molar-refractivity contribution in [2.75, 3.05) is 0 Å². The quantitative estimate of drug-likeness (QED) is 0.678. The summed E-state index contributed by atoms with van der Waals surface area (Å²) in [7, 11) is 0. The van der Waals surface area contributed by atoms with Gasteiger partial charge in [-0.2, -0.15) is 0 Å². The van der Waals surface area contributed by atoms with Crippen LogP contribution in [0.25, 0.3) is 10.9 Å². The lowest BCUT2D eigenvalue weighted by Gasteiger charge is -2.02. The number of aryl methyl sites for hydroxylation is 1. The van der Waals surface area contributed by atoms with E-state index in [4.69, 9.17) is 0 Å². The molecule has 0 spiro atoms. The Labute approximate surface area is 97.5 Å². The number of hydrogen-bond donors (Lipinski definition) is 0. The van der Waals surface area contributed by atoms with E-state index in [1.807, 2.05) is 18.2 Å². The topological polar surface area (TPSA) is 12.9 Å². The zero-order chi connectivity index (χ0) is 11.2. The number of para-hydroxylation sites is 1. The van der Waals surface area contributed by atoms with Crippen LogP contribution in [0.4, 0.5) is 0 Å². The van der Waals surface area contributed by atoms with Crippen molar-refractivity contribution in [2.45, 2.75) is 39.0 Å². The summed E-state index contributed by atoms with van der Waals surface area (Å²) in [4.78, 5) is 4.64. The maximum absolute atomic E-state index is 4.64. The van der Waals surface area contributed by atoms with Crippen LogP contribution in [0.1, 0.15) is 38.3 Å². The van der Waals surface area contributed by atoms with Gasteiger partial charge >= 0.3 is 0 Å². The largest absolute Gasteiger partial charge is 0.253 e. The highest BCUT2D eigenvalue weighted by Crippen LogP contribution is 2.13. The molecule has 0 aliphatic carbocycles. The van der Waals surface area contributed by atoms with E-state index >= 15 is 0 Å². The second-order valence-electron chi connectivity index (χ2n) is 4.22. The van der Waals surface area contributed by atoms with E-state index in [0.29, 0.717) is 0 Å². The molecule has 0 saturated heterocycles. The molecule has 0 fully saturated rings. The summed E-state index contributed by atoms with van der Waals surface area (Å²) in [6.07, 6.45) is 6.26. The first-order chi connectivity index (χ1) is 7.90. The highest BCUT2D eigenvalue weighted by molar-refractivity contribution is 5.77. The summed E-state index contributed by atoms with van der Waals surface area (Å²) in [5.74, 6) is 0. The molecular formula is C15H18N. The van der Waals surface area contributed by atoms with Crippen molar-refractivity contribution in [3.05, 3.63) is 42.1 Å². The molecule has 1 aromatic carbocycles. The highest BCUT2D eigenvalue weighted by atomic mass is 14.7. The van der Waals surface area contributed by atoms with E-state index in [1.165, 1.54) is 31.4 Å². The predicted molar refractivity (Wildman–Crippen MR) is 68.4 cm³/mol. The summed E-state index contributed by atoms with van der Waals surface area (Å²) >= 11 is 0. The maximum Gasteiger partial charge on any atom is 0.0711 e. The fraction of sp³-hybridized carbons (Fsp3) is 0.400. The number of hydrogen-bond acceptors (Lipinski definition) is 1. The van der Waals surface area contributed by atoms with Crippen LogP contribution in [0.5, 0.6) is 0 Å². The van der Waals surface area contributed by atoms with Crippen LogP contribution in [0, 0.1) is 6.07 Å². The Hall–Kier alpha value is -1.37. The van der Waals surface area contributed by atoms with Crippen molar-refractivity contribution in [1.29, 1.82) is 0 Å². The number of unbranched alkanes of at least 4 members (excludes halogenated alkanes) is 3. The van der Waals surface area contributed by atoms with Crippen LogP contribution in [0.3, 0.4) is 0 Å². The van der Waals surface area contributed by atoms with Crippen LogP contribution in [0.2, 0.25) is 0 Å². The standard InChI is InChI=1S/C15H18N/c1-2-3-4-5-9-14-12-11-13-8-6-7-10-15(13)16-14/h6-8,10,12H,2-5,9H2,1H3. The van der Waals surface area contributed by atoms with E-state index in [-0.39, 0.29) is 0 Å². The zero-order valence-corrected chi connectivity index (χ0v) is 9.87. The number of rotatable bonds is 5. The molecule has 1 heteroatoms. The van der Waals surface area contributed by atoms with Gasteiger partial charge in [0.05, 0.1) is 5.52 Å². The van der Waals surface area contributed by atoms with Crippen molar-refractivity contribution in [3.63, 3.8) is 0 Å². The van der Waals surface area contributed by atoms with Gasteiger partial charge in [-0.05, 0) is 31.0 Å². The van der Waals surface area contributed by atoms with Gasteiger partial charge in [0.15, 0.2) is 0 Å². The van der Waals surface area contributed by atoms with E-state index in [2.05, 4.69) is 30.1 Å². The van der Waals surface area contributed by atoms with Gasteiger partial charge in [-0.15, -0.1) is 0 Å². The summed E-state index contributed by atoms with van der Waals surface area (Å²) < 4.78 is 0. The van der Waals surface area contributed by atoms with Gasteiger partial charge in [-0.3, -0.25) is 4.98 Å². The SMILES string of the molecule is CCCCCCc1c[c]c2ccccc2n1. The fourth-order valence-corrected chi connectivity index (χ4v) is 1.90. The second kappa shape index (κ2) is 5.64.